The summed E-state index contributed by atoms with van der Waals surface area (Å²) in [5, 5.41) is 12.3. The van der Waals surface area contributed by atoms with Gasteiger partial charge < -0.3 is 0 Å². The first-order chi connectivity index (χ1) is 22.1. The van der Waals surface area contributed by atoms with Crippen LogP contribution in [0, 0.1) is 11.3 Å². The van der Waals surface area contributed by atoms with Gasteiger partial charge in [0.1, 0.15) is 0 Å². The van der Waals surface area contributed by atoms with Crippen LogP contribution in [-0.4, -0.2) is 9.97 Å². The van der Waals surface area contributed by atoms with Crippen LogP contribution in [0.25, 0.3) is 55.8 Å². The third-order valence-electron chi connectivity index (χ3n) is 9.34. The van der Waals surface area contributed by atoms with Gasteiger partial charge in [-0.3, -0.25) is 0 Å². The fourth-order valence-corrected chi connectivity index (χ4v) is 8.62. The molecule has 1 aliphatic carbocycles. The van der Waals surface area contributed by atoms with E-state index in [1.807, 2.05) is 18.2 Å². The highest BCUT2D eigenvalue weighted by molar-refractivity contribution is 7.99. The Morgan fingerprint density at radius 1 is 0.600 bits per heavy atom. The molecule has 7 aromatic rings. The van der Waals surface area contributed by atoms with Crippen molar-refractivity contribution in [1.82, 2.24) is 9.97 Å². The second-order valence-electron chi connectivity index (χ2n) is 11.8. The van der Waals surface area contributed by atoms with Crippen LogP contribution in [0.2, 0.25) is 0 Å². The van der Waals surface area contributed by atoms with Crippen molar-refractivity contribution in [3.63, 3.8) is 0 Å². The van der Waals surface area contributed by atoms with Gasteiger partial charge in [-0.25, -0.2) is 9.97 Å². The molecule has 1 aliphatic heterocycles. The highest BCUT2D eigenvalue weighted by Crippen LogP contribution is 2.61. The standard InChI is InChI=1S/C41H25N3S/c1-41-33-19-18-28(22-31(33)32-20-25(24-42)21-38(39(32)41)45-37-17-8-7-16-34(37)41)35-23-36(44-40(43-35)27-11-3-2-4-12-27)30-15-9-13-26-10-5-6-14-29(26)30/h2-23H,1H3. The van der Waals surface area contributed by atoms with Crippen molar-refractivity contribution in [2.24, 2.45) is 0 Å². The van der Waals surface area contributed by atoms with Crippen molar-refractivity contribution in [3.05, 3.63) is 156 Å². The van der Waals surface area contributed by atoms with Gasteiger partial charge in [0, 0.05) is 31.9 Å². The zero-order chi connectivity index (χ0) is 30.1. The Bertz CT molecular complexity index is 2380. The molecule has 3 nitrogen and oxygen atoms in total. The topological polar surface area (TPSA) is 49.6 Å². The largest absolute Gasteiger partial charge is 0.228 e. The lowest BCUT2D eigenvalue weighted by Gasteiger charge is -2.35. The summed E-state index contributed by atoms with van der Waals surface area (Å²) in [5.41, 5.74) is 11.4. The van der Waals surface area contributed by atoms with Crippen molar-refractivity contribution >= 4 is 22.5 Å². The molecule has 0 radical (unpaired) electrons. The van der Waals surface area contributed by atoms with Crippen LogP contribution in [0.3, 0.4) is 0 Å². The average molecular weight is 592 g/mol. The van der Waals surface area contributed by atoms with Gasteiger partial charge in [-0.2, -0.15) is 5.26 Å². The molecule has 4 heteroatoms. The van der Waals surface area contributed by atoms with Crippen molar-refractivity contribution in [3.8, 4) is 51.1 Å². The van der Waals surface area contributed by atoms with Gasteiger partial charge in [0.25, 0.3) is 0 Å². The maximum Gasteiger partial charge on any atom is 0.160 e. The molecule has 6 aromatic carbocycles. The second-order valence-corrected chi connectivity index (χ2v) is 12.9. The Kier molecular flexibility index (Phi) is 5.63. The molecule has 2 aliphatic rings. The summed E-state index contributed by atoms with van der Waals surface area (Å²) in [7, 11) is 0. The van der Waals surface area contributed by atoms with E-state index >= 15 is 0 Å². The van der Waals surface area contributed by atoms with Crippen LogP contribution in [0.4, 0.5) is 0 Å². The molecule has 0 amide bonds. The Morgan fingerprint density at radius 2 is 1.38 bits per heavy atom. The third-order valence-corrected chi connectivity index (χ3v) is 10.5. The molecule has 0 N–H and O–H groups in total. The van der Waals surface area contributed by atoms with E-state index in [9.17, 15) is 5.26 Å². The summed E-state index contributed by atoms with van der Waals surface area (Å²) in [6.45, 7) is 2.34. The summed E-state index contributed by atoms with van der Waals surface area (Å²) >= 11 is 1.77. The number of nitrogens with zero attached hydrogens (tertiary/aromatic N) is 3. The molecule has 0 saturated carbocycles. The maximum absolute atomic E-state index is 9.99. The van der Waals surface area contributed by atoms with E-state index in [1.165, 1.54) is 27.0 Å². The van der Waals surface area contributed by atoms with E-state index in [0.29, 0.717) is 11.4 Å². The molecule has 1 atom stereocenters. The SMILES string of the molecule is CC12c3ccccc3Sc3cc(C#N)cc(c31)-c1cc(-c3cc(-c4cccc5ccccc45)nc(-c4ccccc4)n3)ccc12. The minimum absolute atomic E-state index is 0.302. The fraction of sp³-hybridized carbons (Fsp3) is 0.0488. The van der Waals surface area contributed by atoms with Crippen molar-refractivity contribution < 1.29 is 0 Å². The summed E-state index contributed by atoms with van der Waals surface area (Å²) in [5.74, 6) is 0.694. The van der Waals surface area contributed by atoms with Crippen LogP contribution in [-0.2, 0) is 5.41 Å². The zero-order valence-corrected chi connectivity index (χ0v) is 25.3. The number of benzene rings is 6. The van der Waals surface area contributed by atoms with E-state index < -0.39 is 0 Å². The van der Waals surface area contributed by atoms with Crippen LogP contribution in [0.15, 0.2) is 143 Å². The molecule has 1 unspecified atom stereocenters. The predicted molar refractivity (Wildman–Crippen MR) is 182 cm³/mol. The van der Waals surface area contributed by atoms with Crippen molar-refractivity contribution in [2.75, 3.05) is 0 Å². The van der Waals surface area contributed by atoms with E-state index in [1.54, 1.807) is 11.8 Å². The van der Waals surface area contributed by atoms with Gasteiger partial charge in [0.15, 0.2) is 5.82 Å². The van der Waals surface area contributed by atoms with E-state index in [-0.39, 0.29) is 5.41 Å². The molecule has 0 spiro atoms. The third kappa shape index (κ3) is 3.84. The first-order valence-corrected chi connectivity index (χ1v) is 15.9. The lowest BCUT2D eigenvalue weighted by atomic mass is 9.73. The molecule has 1 aromatic heterocycles. The quantitative estimate of drug-likeness (QED) is 0.205. The molecule has 2 heterocycles. The van der Waals surface area contributed by atoms with E-state index in [0.717, 1.165) is 49.5 Å². The van der Waals surface area contributed by atoms with Gasteiger partial charge >= 0.3 is 0 Å². The van der Waals surface area contributed by atoms with Gasteiger partial charge in [-0.15, -0.1) is 0 Å². The molecule has 210 valence electrons. The lowest BCUT2D eigenvalue weighted by Crippen LogP contribution is -2.26. The first-order valence-electron chi connectivity index (χ1n) is 15.1. The minimum Gasteiger partial charge on any atom is -0.228 e. The number of fused-ring (bicyclic) bond motifs is 6. The summed E-state index contributed by atoms with van der Waals surface area (Å²) in [6, 6.07) is 49.1. The molecule has 0 fully saturated rings. The zero-order valence-electron chi connectivity index (χ0n) is 24.5. The number of hydrogen-bond donors (Lipinski definition) is 0. The second kappa shape index (κ2) is 9.75. The Hall–Kier alpha value is -5.50. The first kappa shape index (κ1) is 25.9. The van der Waals surface area contributed by atoms with Crippen LogP contribution in [0.1, 0.15) is 29.2 Å². The molecule has 9 rings (SSSR count). The van der Waals surface area contributed by atoms with Crippen LogP contribution >= 0.6 is 11.8 Å². The van der Waals surface area contributed by atoms with Gasteiger partial charge in [0.05, 0.1) is 23.0 Å². The smallest absolute Gasteiger partial charge is 0.160 e. The average Bonchev–Trinajstić information content (AvgIpc) is 3.36. The number of rotatable bonds is 3. The van der Waals surface area contributed by atoms with Crippen LogP contribution < -0.4 is 0 Å². The minimum atomic E-state index is -0.302. The van der Waals surface area contributed by atoms with Gasteiger partial charge in [0.2, 0.25) is 0 Å². The molecule has 0 bridgehead atoms. The molecular formula is C41H25N3S. The predicted octanol–water partition coefficient (Wildman–Crippen LogP) is 10.3. The molecule has 0 saturated heterocycles. The highest BCUT2D eigenvalue weighted by atomic mass is 32.2. The Labute approximate surface area is 265 Å². The van der Waals surface area contributed by atoms with Crippen LogP contribution in [0.5, 0.6) is 0 Å². The summed E-state index contributed by atoms with van der Waals surface area (Å²) < 4.78 is 0. The molecule has 45 heavy (non-hydrogen) atoms. The van der Waals surface area contributed by atoms with E-state index in [2.05, 4.69) is 128 Å². The normalized spacial score (nSPS) is 15.6. The van der Waals surface area contributed by atoms with Crippen molar-refractivity contribution in [2.45, 2.75) is 22.1 Å². The highest BCUT2D eigenvalue weighted by Gasteiger charge is 2.46. The Morgan fingerprint density at radius 3 is 2.27 bits per heavy atom. The number of hydrogen-bond acceptors (Lipinski definition) is 4. The number of nitriles is 1. The van der Waals surface area contributed by atoms with Gasteiger partial charge in [-0.1, -0.05) is 115 Å². The maximum atomic E-state index is 9.99. The van der Waals surface area contributed by atoms with Gasteiger partial charge in [-0.05, 0) is 75.8 Å². The van der Waals surface area contributed by atoms with Crippen molar-refractivity contribution in [1.29, 1.82) is 5.26 Å². The monoisotopic (exact) mass is 591 g/mol. The molecular weight excluding hydrogens is 567 g/mol. The number of aromatic nitrogens is 2. The summed E-state index contributed by atoms with van der Waals surface area (Å²) in [4.78, 5) is 12.7. The lowest BCUT2D eigenvalue weighted by molar-refractivity contribution is 0.675. The summed E-state index contributed by atoms with van der Waals surface area (Å²) in [6.07, 6.45) is 0. The fourth-order valence-electron chi connectivity index (χ4n) is 7.25. The van der Waals surface area contributed by atoms with E-state index in [4.69, 9.17) is 9.97 Å². The Balaban J connectivity index is 1.29.